The van der Waals surface area contributed by atoms with Crippen LogP contribution in [0.25, 0.3) is 0 Å². The predicted octanol–water partition coefficient (Wildman–Crippen LogP) is 2.80. The van der Waals surface area contributed by atoms with E-state index < -0.39 is 0 Å². The molecule has 0 fully saturated rings. The number of hydrogen-bond acceptors (Lipinski definition) is 2. The van der Waals surface area contributed by atoms with Gasteiger partial charge in [0, 0.05) is 5.56 Å². The normalized spacial score (nSPS) is 19.5. The molecule has 1 aromatic carbocycles. The first-order valence-electron chi connectivity index (χ1n) is 5.04. The predicted molar refractivity (Wildman–Crippen MR) is 60.6 cm³/mol. The van der Waals surface area contributed by atoms with Gasteiger partial charge in [-0.25, -0.2) is 4.39 Å². The molecular formula is C11H13BrFNO. The molecule has 0 spiro atoms. The Morgan fingerprint density at radius 1 is 1.53 bits per heavy atom. The summed E-state index contributed by atoms with van der Waals surface area (Å²) in [4.78, 5) is 0. The number of benzene rings is 1. The third-order valence-electron chi connectivity index (χ3n) is 2.70. The van der Waals surface area contributed by atoms with Crippen LogP contribution >= 0.6 is 15.9 Å². The molecule has 0 bridgehead atoms. The number of ether oxygens (including phenoxy) is 1. The van der Waals surface area contributed by atoms with Crippen molar-refractivity contribution in [1.82, 2.24) is 0 Å². The Labute approximate surface area is 96.7 Å². The van der Waals surface area contributed by atoms with Crippen molar-refractivity contribution >= 4 is 15.9 Å². The molecule has 15 heavy (non-hydrogen) atoms. The van der Waals surface area contributed by atoms with Gasteiger partial charge in [0.05, 0.1) is 11.1 Å². The summed E-state index contributed by atoms with van der Waals surface area (Å²) in [5, 5.41) is 0. The third-order valence-corrected chi connectivity index (χ3v) is 3.29. The summed E-state index contributed by atoms with van der Waals surface area (Å²) in [5.74, 6) is 0.875. The van der Waals surface area contributed by atoms with Gasteiger partial charge in [-0.2, -0.15) is 0 Å². The lowest BCUT2D eigenvalue weighted by Crippen LogP contribution is -2.17. The minimum atomic E-state index is -0.229. The van der Waals surface area contributed by atoms with E-state index in [9.17, 15) is 4.39 Å². The van der Waals surface area contributed by atoms with E-state index in [0.717, 1.165) is 24.2 Å². The molecule has 0 aromatic heterocycles. The molecule has 82 valence electrons. The Bertz CT molecular complexity index is 370. The Balaban J connectivity index is 2.41. The molecule has 0 saturated heterocycles. The van der Waals surface area contributed by atoms with Gasteiger partial charge in [-0.1, -0.05) is 0 Å². The summed E-state index contributed by atoms with van der Waals surface area (Å²) in [6.45, 7) is 1.31. The Morgan fingerprint density at radius 3 is 3.07 bits per heavy atom. The number of rotatable bonds is 2. The second-order valence-corrected chi connectivity index (χ2v) is 4.57. The summed E-state index contributed by atoms with van der Waals surface area (Å²) >= 11 is 3.32. The van der Waals surface area contributed by atoms with E-state index in [0.29, 0.717) is 23.5 Å². The fourth-order valence-corrected chi connectivity index (χ4v) is 2.56. The number of fused-ring (bicyclic) bond motifs is 1. The number of nitrogens with two attached hydrogens (primary N) is 1. The quantitative estimate of drug-likeness (QED) is 0.900. The van der Waals surface area contributed by atoms with E-state index in [1.165, 1.54) is 6.07 Å². The zero-order chi connectivity index (χ0) is 10.8. The highest BCUT2D eigenvalue weighted by molar-refractivity contribution is 9.10. The minimum absolute atomic E-state index is 0.229. The van der Waals surface area contributed by atoms with Gasteiger partial charge in [0.15, 0.2) is 0 Å². The van der Waals surface area contributed by atoms with Crippen LogP contribution in [0.3, 0.4) is 0 Å². The van der Waals surface area contributed by atoms with Gasteiger partial charge in [-0.3, -0.25) is 0 Å². The van der Waals surface area contributed by atoms with Crippen molar-refractivity contribution in [3.05, 3.63) is 28.0 Å². The van der Waals surface area contributed by atoms with Crippen LogP contribution in [0.4, 0.5) is 4.39 Å². The van der Waals surface area contributed by atoms with Gasteiger partial charge < -0.3 is 10.5 Å². The van der Waals surface area contributed by atoms with E-state index in [-0.39, 0.29) is 5.82 Å². The highest BCUT2D eigenvalue weighted by atomic mass is 79.9. The Morgan fingerprint density at radius 2 is 2.33 bits per heavy atom. The lowest BCUT2D eigenvalue weighted by Gasteiger charge is -2.26. The second-order valence-electron chi connectivity index (χ2n) is 3.72. The first kappa shape index (κ1) is 10.9. The van der Waals surface area contributed by atoms with Crippen molar-refractivity contribution in [3.8, 4) is 5.75 Å². The highest BCUT2D eigenvalue weighted by Gasteiger charge is 2.23. The maximum atomic E-state index is 13.3. The molecule has 1 aromatic rings. The monoisotopic (exact) mass is 273 g/mol. The average molecular weight is 274 g/mol. The first-order chi connectivity index (χ1) is 7.22. The molecular weight excluding hydrogens is 261 g/mol. The SMILES string of the molecule is NCCC1CCOc2c(Br)cc(F)cc21. The van der Waals surface area contributed by atoms with Crippen molar-refractivity contribution in [2.45, 2.75) is 18.8 Å². The molecule has 2 nitrogen and oxygen atoms in total. The van der Waals surface area contributed by atoms with E-state index in [2.05, 4.69) is 15.9 Å². The van der Waals surface area contributed by atoms with E-state index >= 15 is 0 Å². The fourth-order valence-electron chi connectivity index (χ4n) is 2.00. The van der Waals surface area contributed by atoms with E-state index in [4.69, 9.17) is 10.5 Å². The van der Waals surface area contributed by atoms with Gasteiger partial charge in [-0.15, -0.1) is 0 Å². The van der Waals surface area contributed by atoms with Crippen molar-refractivity contribution in [1.29, 1.82) is 0 Å². The number of hydrogen-bond donors (Lipinski definition) is 1. The first-order valence-corrected chi connectivity index (χ1v) is 5.83. The molecule has 4 heteroatoms. The molecule has 0 amide bonds. The standard InChI is InChI=1S/C11H13BrFNO/c12-10-6-8(13)5-9-7(1-3-14)2-4-15-11(9)10/h5-7H,1-4,14H2. The molecule has 0 radical (unpaired) electrons. The Kier molecular flexibility index (Phi) is 3.26. The highest BCUT2D eigenvalue weighted by Crippen LogP contribution is 2.40. The topological polar surface area (TPSA) is 35.2 Å². The zero-order valence-corrected chi connectivity index (χ0v) is 9.89. The molecule has 1 heterocycles. The van der Waals surface area contributed by atoms with E-state index in [1.807, 2.05) is 0 Å². The van der Waals surface area contributed by atoms with Crippen LogP contribution < -0.4 is 10.5 Å². The summed E-state index contributed by atoms with van der Waals surface area (Å²) in [7, 11) is 0. The lowest BCUT2D eigenvalue weighted by molar-refractivity contribution is 0.261. The van der Waals surface area contributed by atoms with Crippen LogP contribution in [0.2, 0.25) is 0 Å². The van der Waals surface area contributed by atoms with E-state index in [1.54, 1.807) is 6.07 Å². The third kappa shape index (κ3) is 2.16. The summed E-state index contributed by atoms with van der Waals surface area (Å²) in [6, 6.07) is 2.99. The fraction of sp³-hybridized carbons (Fsp3) is 0.455. The van der Waals surface area contributed by atoms with Crippen LogP contribution in [0.1, 0.15) is 24.3 Å². The van der Waals surface area contributed by atoms with Gasteiger partial charge in [-0.05, 0) is 53.4 Å². The summed E-state index contributed by atoms with van der Waals surface area (Å²) in [6.07, 6.45) is 1.80. The lowest BCUT2D eigenvalue weighted by atomic mass is 9.90. The summed E-state index contributed by atoms with van der Waals surface area (Å²) < 4.78 is 19.5. The van der Waals surface area contributed by atoms with Crippen molar-refractivity contribution in [3.63, 3.8) is 0 Å². The van der Waals surface area contributed by atoms with Gasteiger partial charge >= 0.3 is 0 Å². The maximum absolute atomic E-state index is 13.3. The number of halogens is 2. The largest absolute Gasteiger partial charge is 0.492 e. The van der Waals surface area contributed by atoms with Crippen molar-refractivity contribution < 1.29 is 9.13 Å². The second kappa shape index (κ2) is 4.49. The minimum Gasteiger partial charge on any atom is -0.492 e. The van der Waals surface area contributed by atoms with Crippen molar-refractivity contribution in [2.24, 2.45) is 5.73 Å². The molecule has 2 rings (SSSR count). The molecule has 1 aliphatic rings. The van der Waals surface area contributed by atoms with Crippen LogP contribution in [-0.2, 0) is 0 Å². The van der Waals surface area contributed by atoms with Crippen LogP contribution in [0.15, 0.2) is 16.6 Å². The smallest absolute Gasteiger partial charge is 0.137 e. The molecule has 1 unspecified atom stereocenters. The molecule has 2 N–H and O–H groups in total. The average Bonchev–Trinajstić information content (AvgIpc) is 2.19. The maximum Gasteiger partial charge on any atom is 0.137 e. The van der Waals surface area contributed by atoms with Gasteiger partial charge in [0.2, 0.25) is 0 Å². The molecule has 1 atom stereocenters. The van der Waals surface area contributed by atoms with Crippen LogP contribution in [0, 0.1) is 5.82 Å². The molecule has 1 aliphatic heterocycles. The zero-order valence-electron chi connectivity index (χ0n) is 8.30. The molecule has 0 saturated carbocycles. The summed E-state index contributed by atoms with van der Waals surface area (Å²) in [5.41, 5.74) is 6.49. The van der Waals surface area contributed by atoms with Crippen molar-refractivity contribution in [2.75, 3.05) is 13.2 Å². The van der Waals surface area contributed by atoms with Gasteiger partial charge in [0.1, 0.15) is 11.6 Å². The van der Waals surface area contributed by atoms with Crippen LogP contribution in [-0.4, -0.2) is 13.2 Å². The Hall–Kier alpha value is -0.610. The molecule has 0 aliphatic carbocycles. The van der Waals surface area contributed by atoms with Crippen LogP contribution in [0.5, 0.6) is 5.75 Å². The van der Waals surface area contributed by atoms with Gasteiger partial charge in [0.25, 0.3) is 0 Å².